The first kappa shape index (κ1) is 12.5. The Morgan fingerprint density at radius 2 is 2.20 bits per heavy atom. The molecule has 0 heterocycles. The van der Waals surface area contributed by atoms with Gasteiger partial charge in [-0.2, -0.15) is 0 Å². The molecular formula is C11H16ClNO2. The zero-order chi connectivity index (χ0) is 11.1. The van der Waals surface area contributed by atoms with Crippen molar-refractivity contribution in [3.63, 3.8) is 0 Å². The minimum atomic E-state index is -0.475. The Balaban J connectivity index is 2.29. The second-order valence-electron chi connectivity index (χ2n) is 3.32. The molecule has 4 heteroatoms. The molecule has 0 saturated heterocycles. The van der Waals surface area contributed by atoms with Crippen molar-refractivity contribution in [3.8, 4) is 0 Å². The molecule has 0 aliphatic rings. The number of nitrogens with one attached hydrogen (secondary N) is 1. The van der Waals surface area contributed by atoms with Gasteiger partial charge < -0.3 is 15.2 Å². The molecule has 0 aliphatic heterocycles. The van der Waals surface area contributed by atoms with Gasteiger partial charge in [-0.25, -0.2) is 0 Å². The maximum Gasteiger partial charge on any atom is 0.0897 e. The number of rotatable bonds is 6. The van der Waals surface area contributed by atoms with Crippen molar-refractivity contribution in [1.29, 1.82) is 0 Å². The van der Waals surface area contributed by atoms with E-state index in [1.165, 1.54) is 0 Å². The lowest BCUT2D eigenvalue weighted by Crippen LogP contribution is -2.27. The summed E-state index contributed by atoms with van der Waals surface area (Å²) in [7, 11) is 1.79. The molecule has 0 spiro atoms. The van der Waals surface area contributed by atoms with Gasteiger partial charge in [0.15, 0.2) is 0 Å². The number of likely N-dealkylation sites (N-methyl/N-ethyl adjacent to an activating group) is 1. The van der Waals surface area contributed by atoms with Crippen LogP contribution in [0.5, 0.6) is 0 Å². The smallest absolute Gasteiger partial charge is 0.0897 e. The van der Waals surface area contributed by atoms with Gasteiger partial charge >= 0.3 is 0 Å². The normalized spacial score (nSPS) is 12.7. The Morgan fingerprint density at radius 1 is 1.47 bits per heavy atom. The van der Waals surface area contributed by atoms with Crippen LogP contribution in [0.2, 0.25) is 5.02 Å². The third kappa shape index (κ3) is 4.62. The van der Waals surface area contributed by atoms with E-state index in [0.717, 1.165) is 5.56 Å². The summed E-state index contributed by atoms with van der Waals surface area (Å²) in [6.45, 7) is 1.27. The summed E-state index contributed by atoms with van der Waals surface area (Å²) >= 11 is 5.95. The molecule has 84 valence electrons. The van der Waals surface area contributed by atoms with E-state index in [1.807, 2.05) is 24.3 Å². The molecule has 15 heavy (non-hydrogen) atoms. The summed E-state index contributed by atoms with van der Waals surface area (Å²) in [6, 6.07) is 7.52. The molecule has 2 N–H and O–H groups in total. The first-order valence-electron chi connectivity index (χ1n) is 4.88. The first-order valence-corrected chi connectivity index (χ1v) is 5.25. The highest BCUT2D eigenvalue weighted by Gasteiger charge is 2.03. The molecule has 0 bridgehead atoms. The van der Waals surface area contributed by atoms with Crippen molar-refractivity contribution < 1.29 is 9.84 Å². The Morgan fingerprint density at radius 3 is 2.87 bits per heavy atom. The standard InChI is InChI=1S/C11H16ClNO2/c1-13-6-10(14)8-15-7-9-4-2-3-5-11(9)12/h2-5,10,13-14H,6-8H2,1H3. The van der Waals surface area contributed by atoms with Crippen molar-refractivity contribution in [2.75, 3.05) is 20.2 Å². The monoisotopic (exact) mass is 229 g/mol. The van der Waals surface area contributed by atoms with Crippen LogP contribution in [0, 0.1) is 0 Å². The fourth-order valence-electron chi connectivity index (χ4n) is 1.21. The van der Waals surface area contributed by atoms with Crippen LogP contribution in [0.25, 0.3) is 0 Å². The molecule has 0 amide bonds. The SMILES string of the molecule is CNCC(O)COCc1ccccc1Cl. The minimum Gasteiger partial charge on any atom is -0.389 e. The number of hydrogen-bond donors (Lipinski definition) is 2. The predicted octanol–water partition coefficient (Wildman–Crippen LogP) is 1.44. The second-order valence-corrected chi connectivity index (χ2v) is 3.73. The summed E-state index contributed by atoms with van der Waals surface area (Å²) in [5.74, 6) is 0. The molecule has 1 rings (SSSR count). The topological polar surface area (TPSA) is 41.5 Å². The first-order chi connectivity index (χ1) is 7.24. The van der Waals surface area contributed by atoms with E-state index in [-0.39, 0.29) is 0 Å². The zero-order valence-electron chi connectivity index (χ0n) is 8.74. The van der Waals surface area contributed by atoms with Crippen molar-refractivity contribution in [2.24, 2.45) is 0 Å². The number of aliphatic hydroxyl groups is 1. The van der Waals surface area contributed by atoms with Gasteiger partial charge in [0.2, 0.25) is 0 Å². The molecular weight excluding hydrogens is 214 g/mol. The molecule has 1 unspecified atom stereocenters. The highest BCUT2D eigenvalue weighted by molar-refractivity contribution is 6.31. The second kappa shape index (κ2) is 6.80. The van der Waals surface area contributed by atoms with Crippen molar-refractivity contribution in [3.05, 3.63) is 34.9 Å². The molecule has 1 atom stereocenters. The molecule has 0 fully saturated rings. The van der Waals surface area contributed by atoms with E-state index in [1.54, 1.807) is 7.05 Å². The van der Waals surface area contributed by atoms with Crippen LogP contribution in [0.4, 0.5) is 0 Å². The summed E-state index contributed by atoms with van der Waals surface area (Å²) in [5.41, 5.74) is 0.941. The van der Waals surface area contributed by atoms with Gasteiger partial charge in [-0.3, -0.25) is 0 Å². The maximum atomic E-state index is 9.38. The molecule has 1 aromatic carbocycles. The summed E-state index contributed by atoms with van der Waals surface area (Å²) in [4.78, 5) is 0. The molecule has 0 saturated carbocycles. The lowest BCUT2D eigenvalue weighted by molar-refractivity contribution is 0.0298. The van der Waals surface area contributed by atoms with E-state index >= 15 is 0 Å². The van der Waals surface area contributed by atoms with Crippen molar-refractivity contribution >= 4 is 11.6 Å². The average molecular weight is 230 g/mol. The van der Waals surface area contributed by atoms with Gasteiger partial charge in [0, 0.05) is 11.6 Å². The number of ether oxygens (including phenoxy) is 1. The number of halogens is 1. The fourth-order valence-corrected chi connectivity index (χ4v) is 1.41. The van der Waals surface area contributed by atoms with Crippen molar-refractivity contribution in [1.82, 2.24) is 5.32 Å². The highest BCUT2D eigenvalue weighted by atomic mass is 35.5. The van der Waals surface area contributed by atoms with Gasteiger partial charge in [0.05, 0.1) is 19.3 Å². The van der Waals surface area contributed by atoms with Gasteiger partial charge in [-0.05, 0) is 18.7 Å². The summed E-state index contributed by atoms with van der Waals surface area (Å²) in [5, 5.41) is 12.9. The minimum absolute atomic E-state index is 0.312. The highest BCUT2D eigenvalue weighted by Crippen LogP contribution is 2.15. The average Bonchev–Trinajstić information content (AvgIpc) is 2.21. The van der Waals surface area contributed by atoms with E-state index < -0.39 is 6.10 Å². The number of hydrogen-bond acceptors (Lipinski definition) is 3. The molecule has 3 nitrogen and oxygen atoms in total. The van der Waals surface area contributed by atoms with E-state index in [4.69, 9.17) is 16.3 Å². The Hall–Kier alpha value is -0.610. The van der Waals surface area contributed by atoms with Crippen LogP contribution in [-0.4, -0.2) is 31.4 Å². The van der Waals surface area contributed by atoms with Gasteiger partial charge in [-0.1, -0.05) is 29.8 Å². The van der Waals surface area contributed by atoms with Crippen LogP contribution in [-0.2, 0) is 11.3 Å². The van der Waals surface area contributed by atoms with Gasteiger partial charge in [0.25, 0.3) is 0 Å². The van der Waals surface area contributed by atoms with E-state index in [9.17, 15) is 5.11 Å². The van der Waals surface area contributed by atoms with Gasteiger partial charge in [-0.15, -0.1) is 0 Å². The van der Waals surface area contributed by atoms with Crippen LogP contribution in [0.1, 0.15) is 5.56 Å². The molecule has 0 radical (unpaired) electrons. The number of aliphatic hydroxyl groups excluding tert-OH is 1. The van der Waals surface area contributed by atoms with Gasteiger partial charge in [0.1, 0.15) is 0 Å². The van der Waals surface area contributed by atoms with Crippen LogP contribution >= 0.6 is 11.6 Å². The number of benzene rings is 1. The maximum absolute atomic E-state index is 9.38. The Labute approximate surface area is 95.0 Å². The third-order valence-corrected chi connectivity index (χ3v) is 2.33. The zero-order valence-corrected chi connectivity index (χ0v) is 9.50. The van der Waals surface area contributed by atoms with E-state index in [2.05, 4.69) is 5.32 Å². The summed E-state index contributed by atoms with van der Waals surface area (Å²) in [6.07, 6.45) is -0.475. The molecule has 0 aromatic heterocycles. The fraction of sp³-hybridized carbons (Fsp3) is 0.455. The van der Waals surface area contributed by atoms with Crippen LogP contribution < -0.4 is 5.32 Å². The lowest BCUT2D eigenvalue weighted by atomic mass is 10.2. The lowest BCUT2D eigenvalue weighted by Gasteiger charge is -2.11. The van der Waals surface area contributed by atoms with Crippen LogP contribution in [0.3, 0.4) is 0 Å². The third-order valence-electron chi connectivity index (χ3n) is 1.97. The quantitative estimate of drug-likeness (QED) is 0.776. The predicted molar refractivity (Wildman–Crippen MR) is 61.0 cm³/mol. The molecule has 0 aliphatic carbocycles. The van der Waals surface area contributed by atoms with E-state index in [0.29, 0.717) is 24.8 Å². The Kier molecular flexibility index (Phi) is 5.65. The Bertz CT molecular complexity index is 294. The summed E-state index contributed by atoms with van der Waals surface area (Å²) < 4.78 is 5.34. The van der Waals surface area contributed by atoms with Crippen molar-refractivity contribution in [2.45, 2.75) is 12.7 Å². The molecule has 1 aromatic rings. The largest absolute Gasteiger partial charge is 0.389 e. The van der Waals surface area contributed by atoms with Crippen LogP contribution in [0.15, 0.2) is 24.3 Å².